The van der Waals surface area contributed by atoms with Gasteiger partial charge < -0.3 is 54.0 Å². The van der Waals surface area contributed by atoms with E-state index >= 15 is 0 Å². The van der Waals surface area contributed by atoms with Crippen molar-refractivity contribution in [3.05, 3.63) is 327 Å². The number of pyridine rings is 4. The van der Waals surface area contributed by atoms with Crippen LogP contribution >= 0.6 is 31.9 Å². The van der Waals surface area contributed by atoms with Gasteiger partial charge in [-0.2, -0.15) is 12.9 Å². The van der Waals surface area contributed by atoms with Gasteiger partial charge in [-0.1, -0.05) is 77.5 Å². The van der Waals surface area contributed by atoms with Crippen molar-refractivity contribution in [1.29, 1.82) is 0 Å². The number of nitrogens with one attached hydrogen (secondary N) is 1. The summed E-state index contributed by atoms with van der Waals surface area (Å²) in [6.45, 7) is 2.65. The van der Waals surface area contributed by atoms with Gasteiger partial charge in [0.1, 0.15) is 51.9 Å². The molecule has 143 heavy (non-hydrogen) atoms. The SMILES string of the molecule is CCc1cn(C)cn1.CNS(=O)(=O)c1ccc(Cc2ccc(OC(F)(F)F)cn2)c(-c2cn(C)cn2)c1.COc1ccc(CN(C)S(=O)(=O)c2ccc(Cc3ccc(OC(F)(F)F)cn3)c(-c3cn(C)cn3)c2)cc1.COc1ccc(CN(C)S(=O)(=O)c2ccc(Cc3ccc(OC(F)(F)F)cn3)c(Br)c2)cc1.COc1ccc(CN(C)S(=O)(=O)c2ccc(F)c(Br)c2)cc1.Nc1ccc(OC(F)(F)F)cn1.[H-].[Na+]. The second-order valence-corrected chi connectivity index (χ2v) is 40.1. The third kappa shape index (κ3) is 36.3. The van der Waals surface area contributed by atoms with Crippen molar-refractivity contribution in [2.45, 2.75) is 97.3 Å². The van der Waals surface area contributed by atoms with Crippen LogP contribution < -0.4 is 73.2 Å². The molecule has 0 radical (unpaired) electrons. The van der Waals surface area contributed by atoms with Gasteiger partial charge in [0.15, 0.2) is 0 Å². The van der Waals surface area contributed by atoms with Gasteiger partial charge in [0, 0.05) is 132 Å². The van der Waals surface area contributed by atoms with E-state index in [4.69, 9.17) is 19.9 Å². The van der Waals surface area contributed by atoms with E-state index in [1.54, 1.807) is 167 Å². The topological polar surface area (TPSA) is 354 Å². The van der Waals surface area contributed by atoms with Crippen LogP contribution in [0.5, 0.6) is 40.2 Å². The Morgan fingerprint density at radius 1 is 0.378 bits per heavy atom. The summed E-state index contributed by atoms with van der Waals surface area (Å²) in [4.78, 5) is 28.5. The molecule has 14 rings (SSSR count). The van der Waals surface area contributed by atoms with Gasteiger partial charge in [-0.05, 0) is 202 Å². The number of anilines is 1. The number of nitrogens with zero attached hydrogens (tertiary/aromatic N) is 13. The number of aromatic nitrogens is 10. The Kier molecular flexibility index (Phi) is 41.7. The Labute approximate surface area is 856 Å². The van der Waals surface area contributed by atoms with E-state index < -0.39 is 88.6 Å². The minimum absolute atomic E-state index is 0. The number of aryl methyl sites for hydroxylation is 4. The van der Waals surface area contributed by atoms with Gasteiger partial charge in [0.05, 0.1) is 106 Å². The molecule has 0 bridgehead atoms. The van der Waals surface area contributed by atoms with Crippen molar-refractivity contribution >= 4 is 77.8 Å². The van der Waals surface area contributed by atoms with Gasteiger partial charge in [-0.15, -0.1) is 52.7 Å². The largest absolute Gasteiger partial charge is 1.00 e. The molecule has 0 aliphatic carbocycles. The number of imidazole rings is 3. The maximum Gasteiger partial charge on any atom is 1.00 e. The van der Waals surface area contributed by atoms with Gasteiger partial charge in [-0.3, -0.25) is 15.0 Å². The van der Waals surface area contributed by atoms with E-state index in [0.29, 0.717) is 66.9 Å². The van der Waals surface area contributed by atoms with Crippen LogP contribution in [0.3, 0.4) is 0 Å². The van der Waals surface area contributed by atoms with Crippen molar-refractivity contribution in [1.82, 2.24) is 66.2 Å². The van der Waals surface area contributed by atoms with E-state index in [9.17, 15) is 90.7 Å². The second kappa shape index (κ2) is 51.4. The Morgan fingerprint density at radius 2 is 0.678 bits per heavy atom. The summed E-state index contributed by atoms with van der Waals surface area (Å²) in [6, 6.07) is 49.0. The molecule has 0 spiro atoms. The standard InChI is InChI=1S/C26H25F3N4O4S.C22H20BrF3N2O4S.C18H17F3N4O3S.C15H15BrFNO3S.C6H5F3N2O.C6H10N2.Na.H/c1-32-16-25(31-17-32)24-13-23(38(34,35)33(2)15-18-4-8-21(36-3)9-5-18)11-6-19(24)12-20-7-10-22(14-30-20)37-26(27,28)29;1-28(14-15-3-7-18(31-2)8-4-15)33(29,30)20-10-5-16(21(23)12-20)11-17-6-9-19(13-27-17)32-22(24,25)26;1-22-29(26,27)15-6-3-12(16(8-15)17-10-25(2)11-24-17)7-13-4-5-14(9-23-13)28-18(19,20)21;1-18(10-11-3-5-12(21-2)6-4-11)22(19,20)13-7-8-15(17)14(16)9-13;7-6(8,9)12-4-1-2-5(10)11-3-4;1-3-6-4-8(2)5-7-6;;/h4-11,13-14,16-17H,12,15H2,1-3H3;3-10,12-13H,11,14H2,1-2H3;3-6,8-11,22H,7H2,1-2H3;3-9H,10H2,1-2H3;1-3H,(H2,10,11);4-5H,3H2,1-2H3;;/q;;;;;;+1;-1. The zero-order valence-electron chi connectivity index (χ0n) is 79.0. The summed E-state index contributed by atoms with van der Waals surface area (Å²) in [5.41, 5.74) is 14.6. The number of hydrogen-bond acceptors (Lipinski definition) is 23. The summed E-state index contributed by atoms with van der Waals surface area (Å²) in [6.07, 6.45) is -2.85. The van der Waals surface area contributed by atoms with E-state index in [-0.39, 0.29) is 106 Å². The van der Waals surface area contributed by atoms with Crippen molar-refractivity contribution in [3.63, 3.8) is 0 Å². The molecule has 7 aromatic heterocycles. The summed E-state index contributed by atoms with van der Waals surface area (Å²) in [7, 11) is 1.07. The second-order valence-electron chi connectivity index (χ2n) is 30.3. The average molecular weight is 2220 g/mol. The fourth-order valence-electron chi connectivity index (χ4n) is 12.6. The predicted molar refractivity (Wildman–Crippen MR) is 507 cm³/mol. The van der Waals surface area contributed by atoms with Crippen LogP contribution in [0.1, 0.15) is 64.5 Å². The molecular formula is C93H93Br2F13N15NaO15S4. The molecule has 0 saturated heterocycles. The summed E-state index contributed by atoms with van der Waals surface area (Å²) in [5, 5.41) is 0. The number of alkyl halides is 12. The minimum atomic E-state index is -4.81. The van der Waals surface area contributed by atoms with E-state index in [0.717, 1.165) is 76.9 Å². The van der Waals surface area contributed by atoms with Gasteiger partial charge in [-0.25, -0.2) is 62.7 Å². The molecule has 0 atom stereocenters. The van der Waals surface area contributed by atoms with Crippen LogP contribution in [0.2, 0.25) is 0 Å². The first-order valence-electron chi connectivity index (χ1n) is 41.4. The normalized spacial score (nSPS) is 11.8. The number of benzene rings is 7. The minimum Gasteiger partial charge on any atom is -1.00 e. The number of nitrogen functional groups attached to an aromatic ring is 1. The number of rotatable bonds is 30. The molecule has 14 aromatic rings. The molecule has 7 heterocycles. The molecule has 0 saturated carbocycles. The Morgan fingerprint density at radius 3 is 0.958 bits per heavy atom. The molecule has 50 heteroatoms. The van der Waals surface area contributed by atoms with Crippen LogP contribution in [0.25, 0.3) is 22.5 Å². The smallest absolute Gasteiger partial charge is 1.00 e. The van der Waals surface area contributed by atoms with E-state index in [1.807, 2.05) is 24.1 Å². The number of methoxy groups -OCH3 is 3. The molecule has 0 unspecified atom stereocenters. The summed E-state index contributed by atoms with van der Waals surface area (Å²) in [5.74, 6) is 0.0724. The van der Waals surface area contributed by atoms with Crippen molar-refractivity contribution in [3.8, 4) is 62.8 Å². The molecule has 760 valence electrons. The van der Waals surface area contributed by atoms with Crippen LogP contribution in [0, 0.1) is 5.82 Å². The Hall–Kier alpha value is -12.1. The molecule has 0 amide bonds. The maximum absolute atomic E-state index is 13.4. The zero-order chi connectivity index (χ0) is 104. The fourth-order valence-corrected chi connectivity index (χ4v) is 18.1. The first kappa shape index (κ1) is 116. The first-order chi connectivity index (χ1) is 66.6. The number of halogens is 15. The molecule has 3 N–H and O–H groups in total. The van der Waals surface area contributed by atoms with Gasteiger partial charge in [0.2, 0.25) is 40.1 Å². The van der Waals surface area contributed by atoms with Crippen molar-refractivity contribution in [2.75, 3.05) is 55.3 Å². The van der Waals surface area contributed by atoms with Crippen LogP contribution in [0.15, 0.2) is 285 Å². The van der Waals surface area contributed by atoms with Crippen molar-refractivity contribution in [2.24, 2.45) is 21.1 Å². The van der Waals surface area contributed by atoms with Crippen molar-refractivity contribution < 1.29 is 155 Å². The molecular weight excluding hydrogens is 2130 g/mol. The van der Waals surface area contributed by atoms with Gasteiger partial charge in [0.25, 0.3) is 0 Å². The van der Waals surface area contributed by atoms with Crippen LogP contribution in [-0.4, -0.2) is 170 Å². The average Bonchev–Trinajstić information content (AvgIpc) is 1.29. The fraction of sp³-hybridized carbons (Fsp3) is 0.237. The van der Waals surface area contributed by atoms with E-state index in [1.165, 1.54) is 126 Å². The quantitative estimate of drug-likeness (QED) is 0.0312. The van der Waals surface area contributed by atoms with E-state index in [2.05, 4.69) is 97.3 Å². The molecule has 30 nitrogen and oxygen atoms in total. The number of ether oxygens (including phenoxy) is 7. The Bertz CT molecular complexity index is 7010. The molecule has 7 aromatic carbocycles. The number of sulfonamides is 4. The van der Waals surface area contributed by atoms with Crippen LogP contribution in [0.4, 0.5) is 62.9 Å². The van der Waals surface area contributed by atoms with Gasteiger partial charge >= 0.3 is 55.0 Å². The molecule has 0 aliphatic heterocycles. The summed E-state index contributed by atoms with van der Waals surface area (Å²) >= 11 is 6.38. The molecule has 0 fully saturated rings. The Balaban J connectivity index is 0.000000246. The number of nitrogens with two attached hydrogens (primary N) is 1. The number of hydrogen-bond donors (Lipinski definition) is 2. The van der Waals surface area contributed by atoms with Crippen LogP contribution in [-0.2, 0) is 107 Å². The first-order valence-corrected chi connectivity index (χ1v) is 48.8. The third-order valence-corrected chi connectivity index (χ3v) is 27.9. The summed E-state index contributed by atoms with van der Waals surface area (Å²) < 4.78 is 304. The maximum atomic E-state index is 13.4. The predicted octanol–water partition coefficient (Wildman–Crippen LogP) is 15.9. The molecule has 0 aliphatic rings. The third-order valence-electron chi connectivity index (χ3n) is 19.8. The zero-order valence-corrected chi connectivity index (χ0v) is 86.5. The monoisotopic (exact) mass is 2220 g/mol.